The van der Waals surface area contributed by atoms with Crippen molar-refractivity contribution in [2.45, 2.75) is 18.8 Å². The summed E-state index contributed by atoms with van der Waals surface area (Å²) in [5, 5.41) is 22.5. The van der Waals surface area contributed by atoms with Gasteiger partial charge in [0.15, 0.2) is 0 Å². The van der Waals surface area contributed by atoms with Gasteiger partial charge in [-0.1, -0.05) is 36.9 Å². The van der Waals surface area contributed by atoms with Crippen LogP contribution in [0.1, 0.15) is 18.9 Å². The van der Waals surface area contributed by atoms with E-state index in [4.69, 9.17) is 0 Å². The fraction of sp³-hybridized carbons (Fsp3) is 0.214. The Morgan fingerprint density at radius 2 is 1.68 bits per heavy atom. The number of carbonyl (C=O) groups excluding carboxylic acids is 3. The van der Waals surface area contributed by atoms with Crippen molar-refractivity contribution < 1.29 is 24.6 Å². The van der Waals surface area contributed by atoms with Gasteiger partial charge in [0.05, 0.1) is 17.4 Å². The first kappa shape index (κ1) is 14.6. The zero-order valence-electron chi connectivity index (χ0n) is 10.3. The molecule has 0 fully saturated rings. The van der Waals surface area contributed by atoms with Gasteiger partial charge in [0.25, 0.3) is 0 Å². The lowest BCUT2D eigenvalue weighted by Crippen LogP contribution is -2.51. The second-order valence-electron chi connectivity index (χ2n) is 4.20. The molecular weight excluding hydrogens is 248 g/mol. The molecule has 5 nitrogen and oxygen atoms in total. The Balaban J connectivity index is 3.53. The van der Waals surface area contributed by atoms with Crippen molar-refractivity contribution >= 4 is 17.7 Å². The predicted molar refractivity (Wildman–Crippen MR) is 62.6 cm³/mol. The van der Waals surface area contributed by atoms with Crippen LogP contribution >= 0.6 is 0 Å². The van der Waals surface area contributed by atoms with E-state index in [2.05, 4.69) is 6.58 Å². The van der Waals surface area contributed by atoms with E-state index >= 15 is 0 Å². The minimum Gasteiger partial charge on any atom is -0.549 e. The molecule has 100 valence electrons. The Morgan fingerprint density at radius 3 is 2.05 bits per heavy atom. The summed E-state index contributed by atoms with van der Waals surface area (Å²) < 4.78 is 0. The average Bonchev–Trinajstić information content (AvgIpc) is 2.35. The fourth-order valence-electron chi connectivity index (χ4n) is 1.97. The van der Waals surface area contributed by atoms with Crippen LogP contribution in [0.25, 0.3) is 0 Å². The highest BCUT2D eigenvalue weighted by atomic mass is 16.4. The van der Waals surface area contributed by atoms with Gasteiger partial charge in [0, 0.05) is 6.42 Å². The van der Waals surface area contributed by atoms with E-state index in [1.807, 2.05) is 0 Å². The molecule has 0 amide bonds. The average molecular weight is 260 g/mol. The molecule has 0 aliphatic heterocycles. The lowest BCUT2D eigenvalue weighted by Gasteiger charge is -2.37. The monoisotopic (exact) mass is 260 g/mol. The summed E-state index contributed by atoms with van der Waals surface area (Å²) in [6, 6.07) is 7.53. The van der Waals surface area contributed by atoms with Crippen LogP contribution in [0, 0.1) is 0 Å². The maximum atomic E-state index is 11.5. The molecule has 0 N–H and O–H groups in total. The number of hydrogen-bond acceptors (Lipinski definition) is 5. The second kappa shape index (κ2) is 5.48. The summed E-state index contributed by atoms with van der Waals surface area (Å²) in [4.78, 5) is 33.8. The molecule has 0 aliphatic carbocycles. The summed E-state index contributed by atoms with van der Waals surface area (Å²) >= 11 is 0. The molecule has 0 saturated heterocycles. The molecule has 0 saturated carbocycles. The van der Waals surface area contributed by atoms with Gasteiger partial charge in [0.1, 0.15) is 5.78 Å². The van der Waals surface area contributed by atoms with Crippen molar-refractivity contribution in [1.29, 1.82) is 0 Å². The van der Waals surface area contributed by atoms with Crippen LogP contribution in [-0.4, -0.2) is 17.7 Å². The Bertz CT molecular complexity index is 532. The SMILES string of the molecule is C=C(C(=O)[O-])C(CC(C)=O)(C(=O)[O-])c1ccccc1. The summed E-state index contributed by atoms with van der Waals surface area (Å²) in [6.45, 7) is 4.41. The highest BCUT2D eigenvalue weighted by Crippen LogP contribution is 2.34. The van der Waals surface area contributed by atoms with E-state index in [0.29, 0.717) is 0 Å². The standard InChI is InChI=1S/C14H14O5/c1-9(15)8-14(13(18)19,10(2)12(16)17)11-6-4-3-5-7-11/h3-7H,2,8H2,1H3,(H,16,17)(H,18,19)/p-2. The topological polar surface area (TPSA) is 97.3 Å². The number of rotatable bonds is 6. The predicted octanol–water partition coefficient (Wildman–Crippen LogP) is -1.04. The van der Waals surface area contributed by atoms with E-state index in [1.165, 1.54) is 31.2 Å². The molecule has 19 heavy (non-hydrogen) atoms. The number of Topliss-reactive ketones (excluding diaryl/α,β-unsaturated/α-hetero) is 1. The molecule has 0 radical (unpaired) electrons. The van der Waals surface area contributed by atoms with E-state index in [0.717, 1.165) is 0 Å². The molecule has 5 heteroatoms. The number of carboxylic acid groups (broad SMARTS) is 2. The lowest BCUT2D eigenvalue weighted by molar-refractivity contribution is -0.317. The third-order valence-electron chi connectivity index (χ3n) is 2.89. The van der Waals surface area contributed by atoms with Crippen molar-refractivity contribution in [1.82, 2.24) is 0 Å². The third-order valence-corrected chi connectivity index (χ3v) is 2.89. The largest absolute Gasteiger partial charge is 0.549 e. The number of carboxylic acids is 2. The first-order chi connectivity index (χ1) is 8.82. The van der Waals surface area contributed by atoms with Crippen LogP contribution in [0.3, 0.4) is 0 Å². The number of ketones is 1. The quantitative estimate of drug-likeness (QED) is 0.608. The Hall–Kier alpha value is -2.43. The van der Waals surface area contributed by atoms with Gasteiger partial charge in [-0.25, -0.2) is 0 Å². The van der Waals surface area contributed by atoms with Crippen LogP contribution < -0.4 is 10.2 Å². The molecule has 0 spiro atoms. The summed E-state index contributed by atoms with van der Waals surface area (Å²) in [5.74, 6) is -3.91. The summed E-state index contributed by atoms with van der Waals surface area (Å²) in [7, 11) is 0. The number of hydrogen-bond donors (Lipinski definition) is 0. The van der Waals surface area contributed by atoms with Gasteiger partial charge < -0.3 is 19.8 Å². The van der Waals surface area contributed by atoms with Crippen LogP contribution in [0.2, 0.25) is 0 Å². The van der Waals surface area contributed by atoms with Crippen LogP contribution in [0.5, 0.6) is 0 Å². The number of benzene rings is 1. The second-order valence-corrected chi connectivity index (χ2v) is 4.20. The molecule has 0 aliphatic rings. The van der Waals surface area contributed by atoms with Crippen LogP contribution in [0.4, 0.5) is 0 Å². The zero-order valence-corrected chi connectivity index (χ0v) is 10.3. The van der Waals surface area contributed by atoms with Gasteiger partial charge in [-0.2, -0.15) is 0 Å². The fourth-order valence-corrected chi connectivity index (χ4v) is 1.97. The lowest BCUT2D eigenvalue weighted by atomic mass is 9.71. The minimum atomic E-state index is -2.11. The number of aliphatic carboxylic acids is 2. The van der Waals surface area contributed by atoms with Gasteiger partial charge in [-0.15, -0.1) is 0 Å². The van der Waals surface area contributed by atoms with E-state index < -0.39 is 35.1 Å². The molecule has 0 heterocycles. The van der Waals surface area contributed by atoms with E-state index in [1.54, 1.807) is 6.07 Å². The Kier molecular flexibility index (Phi) is 4.22. The van der Waals surface area contributed by atoms with Gasteiger partial charge >= 0.3 is 0 Å². The molecule has 1 aromatic carbocycles. The molecule has 0 aromatic heterocycles. The maximum Gasteiger partial charge on any atom is 0.131 e. The van der Waals surface area contributed by atoms with Crippen molar-refractivity contribution in [3.63, 3.8) is 0 Å². The smallest absolute Gasteiger partial charge is 0.131 e. The third kappa shape index (κ3) is 2.70. The van der Waals surface area contributed by atoms with Crippen molar-refractivity contribution in [2.24, 2.45) is 0 Å². The molecule has 1 unspecified atom stereocenters. The Labute approximate surface area is 110 Å². The first-order valence-corrected chi connectivity index (χ1v) is 5.49. The summed E-state index contributed by atoms with van der Waals surface area (Å²) in [6.07, 6.45) is -0.549. The highest BCUT2D eigenvalue weighted by molar-refractivity contribution is 6.01. The van der Waals surface area contributed by atoms with E-state index in [-0.39, 0.29) is 5.56 Å². The zero-order chi connectivity index (χ0) is 14.6. The summed E-state index contributed by atoms with van der Waals surface area (Å²) in [5.41, 5.74) is -2.68. The molecular formula is C14H12O5-2. The molecule has 1 atom stereocenters. The molecule has 0 bridgehead atoms. The maximum absolute atomic E-state index is 11.5. The van der Waals surface area contributed by atoms with Crippen molar-refractivity contribution in [3.05, 3.63) is 48.0 Å². The van der Waals surface area contributed by atoms with Crippen molar-refractivity contribution in [2.75, 3.05) is 0 Å². The molecule has 1 rings (SSSR count). The van der Waals surface area contributed by atoms with Gasteiger partial charge in [-0.05, 0) is 18.1 Å². The van der Waals surface area contributed by atoms with E-state index in [9.17, 15) is 24.6 Å². The first-order valence-electron chi connectivity index (χ1n) is 5.49. The highest BCUT2D eigenvalue weighted by Gasteiger charge is 2.38. The molecule has 1 aromatic rings. The van der Waals surface area contributed by atoms with Gasteiger partial charge in [0.2, 0.25) is 0 Å². The van der Waals surface area contributed by atoms with Crippen molar-refractivity contribution in [3.8, 4) is 0 Å². The van der Waals surface area contributed by atoms with Crippen LogP contribution in [0.15, 0.2) is 42.5 Å². The Morgan fingerprint density at radius 1 is 1.16 bits per heavy atom. The minimum absolute atomic E-state index is 0.124. The number of carbonyl (C=O) groups is 3. The normalized spacial score (nSPS) is 13.3. The van der Waals surface area contributed by atoms with Gasteiger partial charge in [-0.3, -0.25) is 4.79 Å². The van der Waals surface area contributed by atoms with Crippen LogP contribution in [-0.2, 0) is 19.8 Å².